The number of benzene rings is 1. The van der Waals surface area contributed by atoms with Crippen molar-refractivity contribution in [3.05, 3.63) is 28.8 Å². The van der Waals surface area contributed by atoms with Gasteiger partial charge in [-0.1, -0.05) is 17.7 Å². The van der Waals surface area contributed by atoms with Crippen LogP contribution in [0.1, 0.15) is 11.5 Å². The minimum atomic E-state index is 0. The van der Waals surface area contributed by atoms with Crippen molar-refractivity contribution in [1.29, 1.82) is 0 Å². The molecule has 0 aliphatic carbocycles. The number of nitrogens with two attached hydrogens (primary N) is 1. The van der Waals surface area contributed by atoms with Crippen LogP contribution in [0.25, 0.3) is 0 Å². The molecule has 0 spiro atoms. The van der Waals surface area contributed by atoms with E-state index in [4.69, 9.17) is 17.3 Å². The molecule has 1 aromatic rings. The van der Waals surface area contributed by atoms with Gasteiger partial charge in [0.2, 0.25) is 0 Å². The van der Waals surface area contributed by atoms with Crippen molar-refractivity contribution in [3.8, 4) is 0 Å². The first-order valence-electron chi connectivity index (χ1n) is 4.03. The maximum absolute atomic E-state index is 5.81. The maximum Gasteiger partial charge on any atom is 0.0635 e. The Kier molecular flexibility index (Phi) is 5.60. The SMILES string of the molecule is Cl.Cl.Nc1cc(C2CNC2)ccc1Cl. The highest BCUT2D eigenvalue weighted by atomic mass is 35.5. The maximum atomic E-state index is 5.81. The molecule has 0 amide bonds. The predicted octanol–water partition coefficient (Wildman–Crippen LogP) is 2.45. The molecule has 2 nitrogen and oxygen atoms in total. The molecule has 0 bridgehead atoms. The van der Waals surface area contributed by atoms with Gasteiger partial charge in [-0.3, -0.25) is 0 Å². The van der Waals surface area contributed by atoms with E-state index in [1.165, 1.54) is 5.56 Å². The first-order valence-corrected chi connectivity index (χ1v) is 4.41. The highest BCUT2D eigenvalue weighted by Crippen LogP contribution is 2.26. The lowest BCUT2D eigenvalue weighted by molar-refractivity contribution is 0.448. The van der Waals surface area contributed by atoms with Crippen molar-refractivity contribution in [2.24, 2.45) is 0 Å². The molecule has 1 fully saturated rings. The molecule has 0 saturated carbocycles. The van der Waals surface area contributed by atoms with Gasteiger partial charge in [0.05, 0.1) is 10.7 Å². The van der Waals surface area contributed by atoms with Gasteiger partial charge in [0, 0.05) is 19.0 Å². The molecule has 1 aromatic carbocycles. The van der Waals surface area contributed by atoms with Crippen molar-refractivity contribution in [3.63, 3.8) is 0 Å². The number of hydrogen-bond donors (Lipinski definition) is 2. The predicted molar refractivity (Wildman–Crippen MR) is 66.0 cm³/mol. The fourth-order valence-corrected chi connectivity index (χ4v) is 1.46. The van der Waals surface area contributed by atoms with Gasteiger partial charge in [-0.05, 0) is 17.7 Å². The van der Waals surface area contributed by atoms with Crippen LogP contribution in [0, 0.1) is 0 Å². The van der Waals surface area contributed by atoms with E-state index in [2.05, 4.69) is 5.32 Å². The van der Waals surface area contributed by atoms with Crippen molar-refractivity contribution in [2.75, 3.05) is 18.8 Å². The summed E-state index contributed by atoms with van der Waals surface area (Å²) < 4.78 is 0. The van der Waals surface area contributed by atoms with Crippen LogP contribution >= 0.6 is 36.4 Å². The van der Waals surface area contributed by atoms with E-state index in [-0.39, 0.29) is 24.8 Å². The van der Waals surface area contributed by atoms with Crippen LogP contribution in [0.2, 0.25) is 5.02 Å². The third kappa shape index (κ3) is 2.67. The second kappa shape index (κ2) is 5.66. The lowest BCUT2D eigenvalue weighted by atomic mass is 9.93. The van der Waals surface area contributed by atoms with Crippen LogP contribution in [-0.2, 0) is 0 Å². The van der Waals surface area contributed by atoms with Crippen LogP contribution in [0.15, 0.2) is 18.2 Å². The quantitative estimate of drug-likeness (QED) is 0.757. The van der Waals surface area contributed by atoms with E-state index in [1.54, 1.807) is 0 Å². The first-order chi connectivity index (χ1) is 5.77. The van der Waals surface area contributed by atoms with E-state index in [0.29, 0.717) is 16.6 Å². The van der Waals surface area contributed by atoms with Gasteiger partial charge in [-0.2, -0.15) is 0 Å². The summed E-state index contributed by atoms with van der Waals surface area (Å²) in [6.45, 7) is 2.11. The van der Waals surface area contributed by atoms with Gasteiger partial charge in [0.15, 0.2) is 0 Å². The Morgan fingerprint density at radius 2 is 1.93 bits per heavy atom. The van der Waals surface area contributed by atoms with Crippen molar-refractivity contribution < 1.29 is 0 Å². The largest absolute Gasteiger partial charge is 0.398 e. The second-order valence-corrected chi connectivity index (χ2v) is 3.54. The molecule has 1 heterocycles. The van der Waals surface area contributed by atoms with Gasteiger partial charge < -0.3 is 11.1 Å². The molecule has 0 unspecified atom stereocenters. The van der Waals surface area contributed by atoms with Gasteiger partial charge in [-0.15, -0.1) is 24.8 Å². The summed E-state index contributed by atoms with van der Waals surface area (Å²) in [5.74, 6) is 0.629. The van der Waals surface area contributed by atoms with Gasteiger partial charge in [0.1, 0.15) is 0 Å². The number of halogens is 3. The zero-order chi connectivity index (χ0) is 8.55. The normalized spacial score (nSPS) is 14.9. The van der Waals surface area contributed by atoms with Crippen LogP contribution in [0.5, 0.6) is 0 Å². The van der Waals surface area contributed by atoms with E-state index >= 15 is 0 Å². The highest BCUT2D eigenvalue weighted by Gasteiger charge is 2.18. The number of rotatable bonds is 1. The summed E-state index contributed by atoms with van der Waals surface area (Å²) in [5, 5.41) is 3.86. The number of hydrogen-bond acceptors (Lipinski definition) is 2. The average molecular weight is 256 g/mol. The Labute approximate surface area is 101 Å². The van der Waals surface area contributed by atoms with E-state index in [9.17, 15) is 0 Å². The fraction of sp³-hybridized carbons (Fsp3) is 0.333. The summed E-state index contributed by atoms with van der Waals surface area (Å²) in [5.41, 5.74) is 7.65. The lowest BCUT2D eigenvalue weighted by Crippen LogP contribution is -2.39. The molecule has 1 saturated heterocycles. The summed E-state index contributed by atoms with van der Waals surface area (Å²) in [6.07, 6.45) is 0. The van der Waals surface area contributed by atoms with Crippen LogP contribution in [0.4, 0.5) is 5.69 Å². The molecule has 3 N–H and O–H groups in total. The van der Waals surface area contributed by atoms with Crippen molar-refractivity contribution in [1.82, 2.24) is 5.32 Å². The van der Waals surface area contributed by atoms with Crippen LogP contribution in [0.3, 0.4) is 0 Å². The number of anilines is 1. The molecule has 2 rings (SSSR count). The summed E-state index contributed by atoms with van der Waals surface area (Å²) >= 11 is 5.81. The summed E-state index contributed by atoms with van der Waals surface area (Å²) in [7, 11) is 0. The zero-order valence-corrected chi connectivity index (χ0v) is 9.88. The Bertz CT molecular complexity index is 300. The zero-order valence-electron chi connectivity index (χ0n) is 7.50. The standard InChI is InChI=1S/C9H11ClN2.2ClH/c10-8-2-1-6(3-9(8)11)7-4-12-5-7;;/h1-3,7,12H,4-5,11H2;2*1H. The molecular weight excluding hydrogens is 242 g/mol. The molecule has 0 aromatic heterocycles. The number of nitrogen functional groups attached to an aromatic ring is 1. The molecule has 0 radical (unpaired) electrons. The minimum absolute atomic E-state index is 0. The number of nitrogens with one attached hydrogen (secondary N) is 1. The smallest absolute Gasteiger partial charge is 0.0635 e. The van der Waals surface area contributed by atoms with Gasteiger partial charge >= 0.3 is 0 Å². The molecule has 1 aliphatic rings. The second-order valence-electron chi connectivity index (χ2n) is 3.14. The molecule has 14 heavy (non-hydrogen) atoms. The molecule has 0 atom stereocenters. The van der Waals surface area contributed by atoms with E-state index in [1.807, 2.05) is 18.2 Å². The van der Waals surface area contributed by atoms with Gasteiger partial charge in [0.25, 0.3) is 0 Å². The molecule has 5 heteroatoms. The highest BCUT2D eigenvalue weighted by molar-refractivity contribution is 6.33. The Morgan fingerprint density at radius 1 is 1.29 bits per heavy atom. The third-order valence-electron chi connectivity index (χ3n) is 2.27. The monoisotopic (exact) mass is 254 g/mol. The summed E-state index contributed by atoms with van der Waals surface area (Å²) in [6, 6.07) is 5.88. The summed E-state index contributed by atoms with van der Waals surface area (Å²) in [4.78, 5) is 0. The molecule has 80 valence electrons. The average Bonchev–Trinajstić information content (AvgIpc) is 1.93. The Morgan fingerprint density at radius 3 is 2.36 bits per heavy atom. The lowest BCUT2D eigenvalue weighted by Gasteiger charge is -2.27. The topological polar surface area (TPSA) is 38.0 Å². The minimum Gasteiger partial charge on any atom is -0.398 e. The van der Waals surface area contributed by atoms with Crippen molar-refractivity contribution >= 4 is 42.1 Å². The third-order valence-corrected chi connectivity index (χ3v) is 2.62. The Balaban J connectivity index is 0.000000845. The van der Waals surface area contributed by atoms with Gasteiger partial charge in [-0.25, -0.2) is 0 Å². The molecular formula is C9H13Cl3N2. The van der Waals surface area contributed by atoms with E-state index < -0.39 is 0 Å². The Hall–Kier alpha value is -0.150. The van der Waals surface area contributed by atoms with Crippen LogP contribution in [-0.4, -0.2) is 13.1 Å². The van der Waals surface area contributed by atoms with E-state index in [0.717, 1.165) is 13.1 Å². The fourth-order valence-electron chi connectivity index (χ4n) is 1.34. The van der Waals surface area contributed by atoms with Crippen LogP contribution < -0.4 is 11.1 Å². The molecule has 1 aliphatic heterocycles. The van der Waals surface area contributed by atoms with Crippen molar-refractivity contribution in [2.45, 2.75) is 5.92 Å². The first kappa shape index (κ1) is 13.8.